The van der Waals surface area contributed by atoms with Crippen LogP contribution in [0.15, 0.2) is 115 Å². The second-order valence-electron chi connectivity index (χ2n) is 8.58. The SMILES string of the molecule is O=C(N[C@@H](Cc1ccc(OCc2ccccc2)cc1)C(=O)NCc1ccccc1)OCc1ccccc1. The van der Waals surface area contributed by atoms with Crippen LogP contribution in [0, 0.1) is 0 Å². The third-order valence-electron chi connectivity index (χ3n) is 5.74. The van der Waals surface area contributed by atoms with Gasteiger partial charge in [0.2, 0.25) is 5.91 Å². The largest absolute Gasteiger partial charge is 0.489 e. The average molecular weight is 495 g/mol. The number of carbonyl (C=O) groups is 2. The zero-order valence-corrected chi connectivity index (χ0v) is 20.5. The Kier molecular flexibility index (Phi) is 9.30. The van der Waals surface area contributed by atoms with Gasteiger partial charge in [-0.05, 0) is 34.4 Å². The zero-order chi connectivity index (χ0) is 25.7. The van der Waals surface area contributed by atoms with Crippen LogP contribution in [-0.2, 0) is 35.7 Å². The molecule has 0 saturated heterocycles. The standard InChI is InChI=1S/C31H30N2O4/c34-30(32-21-25-10-4-1-5-11-25)29(33-31(35)37-23-27-14-8-3-9-15-27)20-24-16-18-28(19-17-24)36-22-26-12-6-2-7-13-26/h1-19,29H,20-23H2,(H,32,34)(H,33,35)/t29-/m0/s1. The number of ether oxygens (including phenoxy) is 2. The molecule has 0 aliphatic rings. The van der Waals surface area contributed by atoms with E-state index in [1.807, 2.05) is 115 Å². The van der Waals surface area contributed by atoms with E-state index < -0.39 is 12.1 Å². The molecule has 0 fully saturated rings. The van der Waals surface area contributed by atoms with Crippen LogP contribution < -0.4 is 15.4 Å². The Morgan fingerprint density at radius 3 is 1.76 bits per heavy atom. The van der Waals surface area contributed by atoms with Crippen molar-refractivity contribution in [3.63, 3.8) is 0 Å². The molecule has 2 N–H and O–H groups in total. The lowest BCUT2D eigenvalue weighted by molar-refractivity contribution is -0.123. The minimum atomic E-state index is -0.803. The van der Waals surface area contributed by atoms with Crippen LogP contribution in [0.2, 0.25) is 0 Å². The number of rotatable bonds is 11. The molecule has 6 heteroatoms. The van der Waals surface area contributed by atoms with Crippen LogP contribution in [-0.4, -0.2) is 18.0 Å². The molecular formula is C31H30N2O4. The van der Waals surface area contributed by atoms with Crippen LogP contribution in [0.1, 0.15) is 22.3 Å². The lowest BCUT2D eigenvalue weighted by Crippen LogP contribution is -2.48. The summed E-state index contributed by atoms with van der Waals surface area (Å²) in [5.74, 6) is 0.442. The summed E-state index contributed by atoms with van der Waals surface area (Å²) in [6, 6.07) is 35.7. The molecule has 0 aromatic heterocycles. The van der Waals surface area contributed by atoms with E-state index >= 15 is 0 Å². The van der Waals surface area contributed by atoms with E-state index in [0.717, 1.165) is 28.0 Å². The van der Waals surface area contributed by atoms with Gasteiger partial charge in [-0.1, -0.05) is 103 Å². The number of alkyl carbamates (subject to hydrolysis) is 1. The number of hydrogen-bond acceptors (Lipinski definition) is 4. The van der Waals surface area contributed by atoms with E-state index in [1.165, 1.54) is 0 Å². The molecule has 0 heterocycles. The van der Waals surface area contributed by atoms with E-state index in [2.05, 4.69) is 10.6 Å². The maximum Gasteiger partial charge on any atom is 0.408 e. The van der Waals surface area contributed by atoms with Crippen LogP contribution >= 0.6 is 0 Å². The lowest BCUT2D eigenvalue weighted by atomic mass is 10.0. The van der Waals surface area contributed by atoms with Gasteiger partial charge in [0.05, 0.1) is 0 Å². The first kappa shape index (κ1) is 25.5. The molecule has 0 unspecified atom stereocenters. The van der Waals surface area contributed by atoms with Crippen LogP contribution in [0.4, 0.5) is 4.79 Å². The highest BCUT2D eigenvalue weighted by Crippen LogP contribution is 2.16. The topological polar surface area (TPSA) is 76.7 Å². The van der Waals surface area contributed by atoms with Gasteiger partial charge in [-0.3, -0.25) is 4.79 Å². The van der Waals surface area contributed by atoms with Crippen LogP contribution in [0.3, 0.4) is 0 Å². The molecule has 4 aromatic rings. The summed E-state index contributed by atoms with van der Waals surface area (Å²) in [5.41, 5.74) is 3.81. The second kappa shape index (κ2) is 13.5. The van der Waals surface area contributed by atoms with Gasteiger partial charge in [-0.15, -0.1) is 0 Å². The Morgan fingerprint density at radius 2 is 1.16 bits per heavy atom. The highest BCUT2D eigenvalue weighted by Gasteiger charge is 2.22. The van der Waals surface area contributed by atoms with Gasteiger partial charge in [-0.25, -0.2) is 4.79 Å². The molecule has 0 bridgehead atoms. The smallest absolute Gasteiger partial charge is 0.408 e. The molecule has 0 radical (unpaired) electrons. The first-order valence-corrected chi connectivity index (χ1v) is 12.2. The van der Waals surface area contributed by atoms with Crippen LogP contribution in [0.5, 0.6) is 5.75 Å². The molecule has 4 rings (SSSR count). The number of carbonyl (C=O) groups excluding carboxylic acids is 2. The molecule has 0 aliphatic heterocycles. The van der Waals surface area contributed by atoms with Crippen molar-refractivity contribution in [3.05, 3.63) is 138 Å². The highest BCUT2D eigenvalue weighted by molar-refractivity contribution is 5.85. The van der Waals surface area contributed by atoms with Crippen molar-refractivity contribution in [1.29, 1.82) is 0 Å². The summed E-state index contributed by atoms with van der Waals surface area (Å²) in [5, 5.41) is 5.64. The molecule has 4 aromatic carbocycles. The van der Waals surface area contributed by atoms with Gasteiger partial charge < -0.3 is 20.1 Å². The lowest BCUT2D eigenvalue weighted by Gasteiger charge is -2.19. The first-order valence-electron chi connectivity index (χ1n) is 12.2. The summed E-state index contributed by atoms with van der Waals surface area (Å²) in [4.78, 5) is 25.6. The van der Waals surface area contributed by atoms with E-state index in [-0.39, 0.29) is 12.5 Å². The number of amides is 2. The molecule has 0 spiro atoms. The molecule has 2 amide bonds. The summed E-state index contributed by atoms with van der Waals surface area (Å²) in [7, 11) is 0. The molecule has 1 atom stereocenters. The Labute approximate surface area is 217 Å². The summed E-state index contributed by atoms with van der Waals surface area (Å²) in [6.07, 6.45) is -0.341. The van der Waals surface area contributed by atoms with Crippen LogP contribution in [0.25, 0.3) is 0 Å². The fraction of sp³-hybridized carbons (Fsp3) is 0.161. The molecule has 37 heavy (non-hydrogen) atoms. The van der Waals surface area contributed by atoms with E-state index in [9.17, 15) is 9.59 Å². The van der Waals surface area contributed by atoms with E-state index in [1.54, 1.807) is 0 Å². The van der Waals surface area contributed by atoms with Crippen molar-refractivity contribution in [2.45, 2.75) is 32.2 Å². The summed E-state index contributed by atoms with van der Waals surface area (Å²) in [6.45, 7) is 0.959. The zero-order valence-electron chi connectivity index (χ0n) is 20.5. The van der Waals surface area contributed by atoms with Gasteiger partial charge in [0.15, 0.2) is 0 Å². The monoisotopic (exact) mass is 494 g/mol. The summed E-state index contributed by atoms with van der Waals surface area (Å²) < 4.78 is 11.2. The quantitative estimate of drug-likeness (QED) is 0.292. The molecule has 188 valence electrons. The minimum Gasteiger partial charge on any atom is -0.489 e. The van der Waals surface area contributed by atoms with Crippen molar-refractivity contribution in [2.75, 3.05) is 0 Å². The predicted octanol–water partition coefficient (Wildman–Crippen LogP) is 5.42. The minimum absolute atomic E-state index is 0.123. The number of nitrogens with one attached hydrogen (secondary N) is 2. The van der Waals surface area contributed by atoms with Crippen molar-refractivity contribution >= 4 is 12.0 Å². The van der Waals surface area contributed by atoms with Crippen molar-refractivity contribution in [2.24, 2.45) is 0 Å². The third-order valence-corrected chi connectivity index (χ3v) is 5.74. The molecule has 0 saturated carbocycles. The van der Waals surface area contributed by atoms with Crippen molar-refractivity contribution in [1.82, 2.24) is 10.6 Å². The van der Waals surface area contributed by atoms with E-state index in [4.69, 9.17) is 9.47 Å². The average Bonchev–Trinajstić information content (AvgIpc) is 2.96. The van der Waals surface area contributed by atoms with Gasteiger partial charge in [0, 0.05) is 13.0 Å². The van der Waals surface area contributed by atoms with Gasteiger partial charge >= 0.3 is 6.09 Å². The van der Waals surface area contributed by atoms with E-state index in [0.29, 0.717) is 19.6 Å². The summed E-state index contributed by atoms with van der Waals surface area (Å²) >= 11 is 0. The van der Waals surface area contributed by atoms with Gasteiger partial charge in [0.25, 0.3) is 0 Å². The Morgan fingerprint density at radius 1 is 0.622 bits per heavy atom. The maximum absolute atomic E-state index is 13.1. The molecular weight excluding hydrogens is 464 g/mol. The normalized spacial score (nSPS) is 11.2. The predicted molar refractivity (Wildman–Crippen MR) is 143 cm³/mol. The van der Waals surface area contributed by atoms with Gasteiger partial charge in [-0.2, -0.15) is 0 Å². The Bertz CT molecular complexity index is 1250. The third kappa shape index (κ3) is 8.54. The fourth-order valence-corrected chi connectivity index (χ4v) is 3.72. The molecule has 0 aliphatic carbocycles. The fourth-order valence-electron chi connectivity index (χ4n) is 3.72. The van der Waals surface area contributed by atoms with Gasteiger partial charge in [0.1, 0.15) is 25.0 Å². The van der Waals surface area contributed by atoms with Crippen molar-refractivity contribution < 1.29 is 19.1 Å². The second-order valence-corrected chi connectivity index (χ2v) is 8.58. The Balaban J connectivity index is 1.36. The number of benzene rings is 4. The number of hydrogen-bond donors (Lipinski definition) is 2. The Hall–Kier alpha value is -4.58. The maximum atomic E-state index is 13.1. The highest BCUT2D eigenvalue weighted by atomic mass is 16.5. The first-order chi connectivity index (χ1) is 18.2. The van der Waals surface area contributed by atoms with Crippen molar-refractivity contribution in [3.8, 4) is 5.75 Å². The molecule has 6 nitrogen and oxygen atoms in total.